The minimum atomic E-state index is -1.33. The number of urea groups is 1. The van der Waals surface area contributed by atoms with Crippen molar-refractivity contribution < 1.29 is 24.2 Å². The zero-order valence-electron chi connectivity index (χ0n) is 12.8. The summed E-state index contributed by atoms with van der Waals surface area (Å²) >= 11 is 0. The van der Waals surface area contributed by atoms with Gasteiger partial charge >= 0.3 is 12.0 Å². The van der Waals surface area contributed by atoms with Gasteiger partial charge in [0, 0.05) is 13.1 Å². The molecule has 1 aromatic carbocycles. The molecule has 1 rings (SSSR count). The van der Waals surface area contributed by atoms with Gasteiger partial charge in [0.1, 0.15) is 17.0 Å². The van der Waals surface area contributed by atoms with Crippen molar-refractivity contribution in [1.82, 2.24) is 4.90 Å². The van der Waals surface area contributed by atoms with E-state index < -0.39 is 17.5 Å². The van der Waals surface area contributed by atoms with Crippen LogP contribution in [0.25, 0.3) is 0 Å². The van der Waals surface area contributed by atoms with Crippen LogP contribution in [0.1, 0.15) is 13.8 Å². The Bertz CT molecular complexity index is 542. The van der Waals surface area contributed by atoms with Crippen LogP contribution in [0, 0.1) is 0 Å². The van der Waals surface area contributed by atoms with E-state index in [1.165, 1.54) is 35.1 Å². The minimum Gasteiger partial charge on any atom is -0.497 e. The number of benzene rings is 1. The third kappa shape index (κ3) is 3.56. The number of anilines is 1. The number of ether oxygens (including phenoxy) is 2. The number of amides is 2. The van der Waals surface area contributed by atoms with Crippen molar-refractivity contribution in [3.63, 3.8) is 0 Å². The lowest BCUT2D eigenvalue weighted by Gasteiger charge is -2.31. The summed E-state index contributed by atoms with van der Waals surface area (Å²) in [6.07, 6.45) is 0. The van der Waals surface area contributed by atoms with Gasteiger partial charge < -0.3 is 24.8 Å². The van der Waals surface area contributed by atoms with Crippen LogP contribution in [0.15, 0.2) is 18.2 Å². The predicted octanol–water partition coefficient (Wildman–Crippen LogP) is 2.03. The lowest BCUT2D eigenvalue weighted by molar-refractivity contribution is -0.146. The molecule has 7 heteroatoms. The molecule has 7 nitrogen and oxygen atoms in total. The fourth-order valence-corrected chi connectivity index (χ4v) is 1.50. The van der Waals surface area contributed by atoms with Crippen LogP contribution in [0.4, 0.5) is 10.5 Å². The molecular weight excluding hydrogens is 276 g/mol. The number of nitrogens with one attached hydrogen (secondary N) is 1. The second kappa shape index (κ2) is 6.34. The number of carboxylic acids is 1. The Balaban J connectivity index is 2.96. The van der Waals surface area contributed by atoms with Gasteiger partial charge in [-0.1, -0.05) is 0 Å². The second-order valence-electron chi connectivity index (χ2n) is 4.92. The molecule has 0 heterocycles. The van der Waals surface area contributed by atoms with Gasteiger partial charge in [0.25, 0.3) is 0 Å². The molecule has 0 aliphatic rings. The van der Waals surface area contributed by atoms with Crippen molar-refractivity contribution in [3.8, 4) is 11.5 Å². The Morgan fingerprint density at radius 1 is 1.24 bits per heavy atom. The Morgan fingerprint density at radius 3 is 2.33 bits per heavy atom. The zero-order valence-corrected chi connectivity index (χ0v) is 12.8. The average Bonchev–Trinajstić information content (AvgIpc) is 2.46. The van der Waals surface area contributed by atoms with Gasteiger partial charge in [0.15, 0.2) is 0 Å². The fourth-order valence-electron chi connectivity index (χ4n) is 1.50. The molecule has 0 aromatic heterocycles. The quantitative estimate of drug-likeness (QED) is 0.868. The fraction of sp³-hybridized carbons (Fsp3) is 0.429. The van der Waals surface area contributed by atoms with Gasteiger partial charge in [-0.05, 0) is 26.0 Å². The molecule has 0 spiro atoms. The first kappa shape index (κ1) is 16.6. The average molecular weight is 296 g/mol. The van der Waals surface area contributed by atoms with Crippen molar-refractivity contribution in [2.24, 2.45) is 0 Å². The molecule has 0 aliphatic carbocycles. The molecule has 116 valence electrons. The Kier molecular flexibility index (Phi) is 5.02. The number of hydrogen-bond donors (Lipinski definition) is 2. The summed E-state index contributed by atoms with van der Waals surface area (Å²) in [6.45, 7) is 2.89. The number of nitrogens with zero attached hydrogens (tertiary/aromatic N) is 1. The lowest BCUT2D eigenvalue weighted by Crippen LogP contribution is -2.52. The number of methoxy groups -OCH3 is 2. The topological polar surface area (TPSA) is 88.1 Å². The van der Waals surface area contributed by atoms with E-state index in [9.17, 15) is 9.59 Å². The highest BCUT2D eigenvalue weighted by Crippen LogP contribution is 2.29. The second-order valence-corrected chi connectivity index (χ2v) is 4.92. The number of likely N-dealkylation sites (N-methyl/N-ethyl adjacent to an activating group) is 1. The van der Waals surface area contributed by atoms with E-state index in [2.05, 4.69) is 5.32 Å². The Morgan fingerprint density at radius 2 is 1.86 bits per heavy atom. The summed E-state index contributed by atoms with van der Waals surface area (Å²) in [5.74, 6) is -0.0878. The van der Waals surface area contributed by atoms with Crippen LogP contribution < -0.4 is 14.8 Å². The van der Waals surface area contributed by atoms with Crippen LogP contribution in [-0.2, 0) is 4.79 Å². The predicted molar refractivity (Wildman–Crippen MR) is 78.0 cm³/mol. The van der Waals surface area contributed by atoms with Gasteiger partial charge in [0.05, 0.1) is 19.9 Å². The first-order valence-electron chi connectivity index (χ1n) is 6.24. The van der Waals surface area contributed by atoms with Crippen molar-refractivity contribution in [2.45, 2.75) is 19.4 Å². The molecule has 0 saturated carbocycles. The number of rotatable bonds is 5. The highest BCUT2D eigenvalue weighted by Gasteiger charge is 2.35. The molecule has 2 N–H and O–H groups in total. The number of carbonyl (C=O) groups is 2. The number of carboxylic acid groups (broad SMARTS) is 1. The van der Waals surface area contributed by atoms with Crippen LogP contribution in [0.5, 0.6) is 11.5 Å². The zero-order chi connectivity index (χ0) is 16.2. The van der Waals surface area contributed by atoms with Gasteiger partial charge in [-0.2, -0.15) is 0 Å². The molecule has 0 bridgehead atoms. The normalized spacial score (nSPS) is 10.7. The Hall–Kier alpha value is -2.44. The molecule has 0 unspecified atom stereocenters. The van der Waals surface area contributed by atoms with Crippen LogP contribution >= 0.6 is 0 Å². The molecule has 21 heavy (non-hydrogen) atoms. The first-order valence-corrected chi connectivity index (χ1v) is 6.24. The summed E-state index contributed by atoms with van der Waals surface area (Å²) in [7, 11) is 4.41. The summed E-state index contributed by atoms with van der Waals surface area (Å²) in [4.78, 5) is 24.4. The molecule has 0 atom stereocenters. The maximum Gasteiger partial charge on any atom is 0.329 e. The summed E-state index contributed by atoms with van der Waals surface area (Å²) in [5.41, 5.74) is -0.902. The van der Waals surface area contributed by atoms with Gasteiger partial charge in [-0.25, -0.2) is 9.59 Å². The van der Waals surface area contributed by atoms with Gasteiger partial charge in [-0.15, -0.1) is 0 Å². The lowest BCUT2D eigenvalue weighted by atomic mass is 10.1. The third-order valence-electron chi connectivity index (χ3n) is 3.32. The molecule has 1 aromatic rings. The van der Waals surface area contributed by atoms with E-state index >= 15 is 0 Å². The number of hydrogen-bond acceptors (Lipinski definition) is 4. The monoisotopic (exact) mass is 296 g/mol. The van der Waals surface area contributed by atoms with Crippen molar-refractivity contribution in [2.75, 3.05) is 26.6 Å². The summed E-state index contributed by atoms with van der Waals surface area (Å²) in [5, 5.41) is 11.7. The highest BCUT2D eigenvalue weighted by molar-refractivity contribution is 5.94. The molecule has 0 fully saturated rings. The molecule has 2 amide bonds. The van der Waals surface area contributed by atoms with E-state index in [0.717, 1.165) is 4.90 Å². The summed E-state index contributed by atoms with van der Waals surface area (Å²) < 4.78 is 10.2. The van der Waals surface area contributed by atoms with Gasteiger partial charge in [-0.3, -0.25) is 0 Å². The molecule has 0 aliphatic heterocycles. The van der Waals surface area contributed by atoms with Crippen molar-refractivity contribution in [1.29, 1.82) is 0 Å². The van der Waals surface area contributed by atoms with Crippen molar-refractivity contribution >= 4 is 17.7 Å². The van der Waals surface area contributed by atoms with E-state index in [1.54, 1.807) is 18.2 Å². The first-order chi connectivity index (χ1) is 9.73. The number of carbonyl (C=O) groups excluding carboxylic acids is 1. The standard InChI is InChI=1S/C14H20N2O5/c1-14(2,12(17)18)16(3)13(19)15-10-7-6-9(20-4)8-11(10)21-5/h6-8H,1-5H3,(H,15,19)(H,17,18). The van der Waals surface area contributed by atoms with E-state index in [1.807, 2.05) is 0 Å². The largest absolute Gasteiger partial charge is 0.497 e. The minimum absolute atomic E-state index is 0.421. The molecule has 0 saturated heterocycles. The smallest absolute Gasteiger partial charge is 0.329 e. The SMILES string of the molecule is COc1ccc(NC(=O)N(C)C(C)(C)C(=O)O)c(OC)c1. The van der Waals surface area contributed by atoms with E-state index in [-0.39, 0.29) is 0 Å². The van der Waals surface area contributed by atoms with Crippen molar-refractivity contribution in [3.05, 3.63) is 18.2 Å². The maximum absolute atomic E-state index is 12.2. The highest BCUT2D eigenvalue weighted by atomic mass is 16.5. The maximum atomic E-state index is 12.2. The van der Waals surface area contributed by atoms with E-state index in [4.69, 9.17) is 14.6 Å². The summed E-state index contributed by atoms with van der Waals surface area (Å²) in [6, 6.07) is 4.36. The van der Waals surface area contributed by atoms with Crippen LogP contribution in [0.3, 0.4) is 0 Å². The van der Waals surface area contributed by atoms with Crippen LogP contribution in [0.2, 0.25) is 0 Å². The Labute approximate surface area is 123 Å². The van der Waals surface area contributed by atoms with Gasteiger partial charge in [0.2, 0.25) is 0 Å². The third-order valence-corrected chi connectivity index (χ3v) is 3.32. The molecular formula is C14H20N2O5. The van der Waals surface area contributed by atoms with E-state index in [0.29, 0.717) is 17.2 Å². The number of aliphatic carboxylic acids is 1. The molecule has 0 radical (unpaired) electrons. The van der Waals surface area contributed by atoms with Crippen LogP contribution in [-0.4, -0.2) is 48.8 Å².